The Kier molecular flexibility index (Phi) is 4.11. The minimum absolute atomic E-state index is 0.526. The van der Waals surface area contributed by atoms with Gasteiger partial charge in [-0.2, -0.15) is 0 Å². The summed E-state index contributed by atoms with van der Waals surface area (Å²) < 4.78 is 0. The van der Waals surface area contributed by atoms with Crippen LogP contribution in [0.2, 0.25) is 5.15 Å². The number of rotatable bonds is 3. The van der Waals surface area contributed by atoms with E-state index in [1.54, 1.807) is 0 Å². The lowest BCUT2D eigenvalue weighted by Gasteiger charge is -2.27. The number of benzene rings is 1. The molecule has 0 atom stereocenters. The van der Waals surface area contributed by atoms with Crippen LogP contribution < -0.4 is 4.90 Å². The van der Waals surface area contributed by atoms with Gasteiger partial charge >= 0.3 is 0 Å². The molecule has 0 N–H and O–H groups in total. The van der Waals surface area contributed by atoms with E-state index in [0.29, 0.717) is 5.15 Å². The predicted octanol–water partition coefficient (Wildman–Crippen LogP) is 4.13. The van der Waals surface area contributed by atoms with Gasteiger partial charge < -0.3 is 4.90 Å². The summed E-state index contributed by atoms with van der Waals surface area (Å²) in [5.41, 5.74) is 4.77. The minimum atomic E-state index is 0.526. The summed E-state index contributed by atoms with van der Waals surface area (Å²) in [4.78, 5) is 11.4. The van der Waals surface area contributed by atoms with Gasteiger partial charge in [0.05, 0.1) is 0 Å². The topological polar surface area (TPSA) is 29.0 Å². The van der Waals surface area contributed by atoms with E-state index in [0.717, 1.165) is 42.9 Å². The van der Waals surface area contributed by atoms with Gasteiger partial charge in [0.2, 0.25) is 0 Å². The molecule has 1 aromatic carbocycles. The van der Waals surface area contributed by atoms with Gasteiger partial charge in [0.15, 0.2) is 5.82 Å². The highest BCUT2D eigenvalue weighted by Crippen LogP contribution is 2.30. The smallest absolute Gasteiger partial charge is 0.161 e. The number of aryl methyl sites for hydroxylation is 2. The van der Waals surface area contributed by atoms with Crippen LogP contribution in [0.25, 0.3) is 11.4 Å². The van der Waals surface area contributed by atoms with Crippen molar-refractivity contribution in [3.63, 3.8) is 0 Å². The molecule has 2 heterocycles. The van der Waals surface area contributed by atoms with Crippen LogP contribution in [0.4, 0.5) is 5.69 Å². The van der Waals surface area contributed by atoms with E-state index in [-0.39, 0.29) is 0 Å². The molecular weight excluding hydrogens is 282 g/mol. The SMILES string of the molecule is CCCc1cc(Cl)nc(-c2ccc3c(c2)CCCN3C)n1. The van der Waals surface area contributed by atoms with Gasteiger partial charge in [-0.1, -0.05) is 24.9 Å². The first-order valence-corrected chi connectivity index (χ1v) is 7.93. The quantitative estimate of drug-likeness (QED) is 0.798. The van der Waals surface area contributed by atoms with Crippen molar-refractivity contribution in [2.75, 3.05) is 18.5 Å². The van der Waals surface area contributed by atoms with Crippen LogP contribution in [-0.2, 0) is 12.8 Å². The zero-order valence-electron chi connectivity index (χ0n) is 12.6. The molecule has 0 fully saturated rings. The zero-order chi connectivity index (χ0) is 14.8. The van der Waals surface area contributed by atoms with Crippen molar-refractivity contribution in [2.24, 2.45) is 0 Å². The van der Waals surface area contributed by atoms with Gasteiger partial charge in [-0.25, -0.2) is 9.97 Å². The Labute approximate surface area is 131 Å². The fraction of sp³-hybridized carbons (Fsp3) is 0.412. The van der Waals surface area contributed by atoms with Gasteiger partial charge in [0.25, 0.3) is 0 Å². The number of hydrogen-bond acceptors (Lipinski definition) is 3. The van der Waals surface area contributed by atoms with E-state index < -0.39 is 0 Å². The van der Waals surface area contributed by atoms with E-state index in [1.165, 1.54) is 17.7 Å². The van der Waals surface area contributed by atoms with E-state index in [2.05, 4.69) is 47.0 Å². The first kappa shape index (κ1) is 14.3. The number of anilines is 1. The average Bonchev–Trinajstić information content (AvgIpc) is 2.47. The van der Waals surface area contributed by atoms with Gasteiger partial charge in [-0.05, 0) is 49.1 Å². The molecule has 0 saturated carbocycles. The Morgan fingerprint density at radius 2 is 2.10 bits per heavy atom. The summed E-state index contributed by atoms with van der Waals surface area (Å²) in [6.07, 6.45) is 4.31. The van der Waals surface area contributed by atoms with Crippen LogP contribution in [-0.4, -0.2) is 23.6 Å². The maximum atomic E-state index is 6.14. The standard InChI is InChI=1S/C17H20ClN3/c1-3-5-14-11-16(18)20-17(19-14)13-7-8-15-12(10-13)6-4-9-21(15)2/h7-8,10-11H,3-6,9H2,1-2H3. The summed E-state index contributed by atoms with van der Waals surface area (Å²) >= 11 is 6.14. The lowest BCUT2D eigenvalue weighted by atomic mass is 9.99. The molecule has 4 heteroatoms. The average molecular weight is 302 g/mol. The highest BCUT2D eigenvalue weighted by molar-refractivity contribution is 6.29. The number of aromatic nitrogens is 2. The van der Waals surface area contributed by atoms with Crippen molar-refractivity contribution in [1.29, 1.82) is 0 Å². The Hall–Kier alpha value is -1.61. The van der Waals surface area contributed by atoms with Crippen LogP contribution in [0.15, 0.2) is 24.3 Å². The summed E-state index contributed by atoms with van der Waals surface area (Å²) in [6, 6.07) is 8.35. The van der Waals surface area contributed by atoms with Crippen molar-refractivity contribution >= 4 is 17.3 Å². The summed E-state index contributed by atoms with van der Waals surface area (Å²) in [7, 11) is 2.15. The Morgan fingerprint density at radius 1 is 1.24 bits per heavy atom. The minimum Gasteiger partial charge on any atom is -0.374 e. The molecule has 3 rings (SSSR count). The molecule has 1 aromatic heterocycles. The summed E-state index contributed by atoms with van der Waals surface area (Å²) in [6.45, 7) is 3.27. The van der Waals surface area contributed by atoms with Crippen molar-refractivity contribution in [3.8, 4) is 11.4 Å². The highest BCUT2D eigenvalue weighted by atomic mass is 35.5. The normalized spacial score (nSPS) is 14.1. The second-order valence-electron chi connectivity index (χ2n) is 5.62. The molecule has 0 radical (unpaired) electrons. The van der Waals surface area contributed by atoms with E-state index in [4.69, 9.17) is 11.6 Å². The number of halogens is 1. The fourth-order valence-electron chi connectivity index (χ4n) is 2.90. The van der Waals surface area contributed by atoms with Crippen molar-refractivity contribution in [3.05, 3.63) is 40.7 Å². The number of nitrogens with zero attached hydrogens (tertiary/aromatic N) is 3. The van der Waals surface area contributed by atoms with E-state index >= 15 is 0 Å². The van der Waals surface area contributed by atoms with Gasteiger partial charge in [-0.15, -0.1) is 0 Å². The van der Waals surface area contributed by atoms with Crippen molar-refractivity contribution < 1.29 is 0 Å². The Morgan fingerprint density at radius 3 is 2.90 bits per heavy atom. The first-order valence-electron chi connectivity index (χ1n) is 7.55. The molecule has 21 heavy (non-hydrogen) atoms. The molecule has 3 nitrogen and oxygen atoms in total. The number of hydrogen-bond donors (Lipinski definition) is 0. The largest absolute Gasteiger partial charge is 0.374 e. The summed E-state index contributed by atoms with van der Waals surface area (Å²) in [5, 5.41) is 0.526. The molecule has 1 aliphatic rings. The second-order valence-corrected chi connectivity index (χ2v) is 6.01. The first-order chi connectivity index (χ1) is 10.2. The third-order valence-corrected chi connectivity index (χ3v) is 4.14. The van der Waals surface area contributed by atoms with Gasteiger partial charge in [-0.3, -0.25) is 0 Å². The van der Waals surface area contributed by atoms with Crippen LogP contribution in [0.5, 0.6) is 0 Å². The zero-order valence-corrected chi connectivity index (χ0v) is 13.3. The van der Waals surface area contributed by atoms with Crippen LogP contribution in [0.1, 0.15) is 31.0 Å². The molecule has 110 valence electrons. The van der Waals surface area contributed by atoms with E-state index in [9.17, 15) is 0 Å². The number of fused-ring (bicyclic) bond motifs is 1. The lowest BCUT2D eigenvalue weighted by Crippen LogP contribution is -2.24. The fourth-order valence-corrected chi connectivity index (χ4v) is 3.11. The predicted molar refractivity (Wildman–Crippen MR) is 88.1 cm³/mol. The second kappa shape index (κ2) is 6.02. The molecule has 0 unspecified atom stereocenters. The third kappa shape index (κ3) is 3.03. The van der Waals surface area contributed by atoms with E-state index in [1.807, 2.05) is 6.07 Å². The summed E-state index contributed by atoms with van der Waals surface area (Å²) in [5.74, 6) is 0.738. The Balaban J connectivity index is 2.00. The molecule has 2 aromatic rings. The molecular formula is C17H20ClN3. The molecule has 0 saturated heterocycles. The molecule has 0 aliphatic carbocycles. The monoisotopic (exact) mass is 301 g/mol. The van der Waals surface area contributed by atoms with Crippen LogP contribution in [0.3, 0.4) is 0 Å². The van der Waals surface area contributed by atoms with Crippen LogP contribution in [0, 0.1) is 0 Å². The third-order valence-electron chi connectivity index (χ3n) is 3.94. The maximum absolute atomic E-state index is 6.14. The Bertz CT molecular complexity index is 654. The molecule has 0 amide bonds. The van der Waals surface area contributed by atoms with Crippen LogP contribution >= 0.6 is 11.6 Å². The van der Waals surface area contributed by atoms with Crippen molar-refractivity contribution in [2.45, 2.75) is 32.6 Å². The molecule has 1 aliphatic heterocycles. The lowest BCUT2D eigenvalue weighted by molar-refractivity contribution is 0.744. The highest BCUT2D eigenvalue weighted by Gasteiger charge is 2.15. The molecule has 0 spiro atoms. The molecule has 0 bridgehead atoms. The maximum Gasteiger partial charge on any atom is 0.161 e. The van der Waals surface area contributed by atoms with Gasteiger partial charge in [0, 0.05) is 30.5 Å². The van der Waals surface area contributed by atoms with Crippen molar-refractivity contribution in [1.82, 2.24) is 9.97 Å². The van der Waals surface area contributed by atoms with Gasteiger partial charge in [0.1, 0.15) is 5.15 Å².